The largest absolute Gasteiger partial charge is 0.463 e. The van der Waals surface area contributed by atoms with E-state index in [-0.39, 0.29) is 19.2 Å². The van der Waals surface area contributed by atoms with Crippen LogP contribution in [-0.4, -0.2) is 74.9 Å². The zero-order valence-electron chi connectivity index (χ0n) is 9.53. The fourth-order valence-corrected chi connectivity index (χ4v) is 1.70. The van der Waals surface area contributed by atoms with Gasteiger partial charge in [-0.05, 0) is 0 Å². The first-order valence-electron chi connectivity index (χ1n) is 5.62. The van der Waals surface area contributed by atoms with Gasteiger partial charge in [-0.25, -0.2) is 4.39 Å². The number of nitrogens with zero attached hydrogens (tertiary/aromatic N) is 2. The molecule has 0 radical (unpaired) electrons. The number of carbonyl (C=O) groups is 1. The van der Waals surface area contributed by atoms with Crippen molar-refractivity contribution < 1.29 is 13.9 Å². The summed E-state index contributed by atoms with van der Waals surface area (Å²) in [6.45, 7) is 4.87. The molecule has 2 N–H and O–H groups in total. The lowest BCUT2D eigenvalue weighted by Gasteiger charge is -2.33. The summed E-state index contributed by atoms with van der Waals surface area (Å²) >= 11 is 0. The first-order chi connectivity index (χ1) is 7.76. The number of nitrogens with two attached hydrogens (primary N) is 1. The molecule has 0 spiro atoms. The fraction of sp³-hybridized carbons (Fsp3) is 0.900. The zero-order chi connectivity index (χ0) is 11.8. The van der Waals surface area contributed by atoms with Crippen molar-refractivity contribution >= 4 is 5.97 Å². The first-order valence-corrected chi connectivity index (χ1v) is 5.62. The van der Waals surface area contributed by atoms with Gasteiger partial charge in [-0.2, -0.15) is 0 Å². The monoisotopic (exact) mass is 233 g/mol. The molecule has 1 aliphatic rings. The number of hydrogen-bond donors (Lipinski definition) is 1. The third-order valence-electron chi connectivity index (χ3n) is 2.70. The molecule has 0 saturated carbocycles. The number of esters is 1. The summed E-state index contributed by atoms with van der Waals surface area (Å²) in [7, 11) is 0. The van der Waals surface area contributed by atoms with E-state index in [4.69, 9.17) is 10.5 Å². The lowest BCUT2D eigenvalue weighted by atomic mass is 10.3. The van der Waals surface area contributed by atoms with Gasteiger partial charge in [-0.15, -0.1) is 0 Å². The maximum atomic E-state index is 12.1. The second kappa shape index (κ2) is 7.54. The maximum absolute atomic E-state index is 12.1. The number of halogens is 1. The summed E-state index contributed by atoms with van der Waals surface area (Å²) < 4.78 is 17.0. The van der Waals surface area contributed by atoms with Crippen LogP contribution in [0.25, 0.3) is 0 Å². The number of piperazine rings is 1. The maximum Gasteiger partial charge on any atom is 0.319 e. The second-order valence-corrected chi connectivity index (χ2v) is 3.80. The van der Waals surface area contributed by atoms with Gasteiger partial charge in [0.2, 0.25) is 0 Å². The number of alkyl halides is 1. The Labute approximate surface area is 95.3 Å². The lowest BCUT2D eigenvalue weighted by Crippen LogP contribution is -2.47. The summed E-state index contributed by atoms with van der Waals surface area (Å²) in [5.74, 6) is -0.365. The summed E-state index contributed by atoms with van der Waals surface area (Å²) in [4.78, 5) is 15.1. The minimum atomic E-state index is -0.365. The number of rotatable bonds is 6. The van der Waals surface area contributed by atoms with E-state index < -0.39 is 0 Å². The van der Waals surface area contributed by atoms with Crippen LogP contribution in [0, 0.1) is 0 Å². The average molecular weight is 233 g/mol. The van der Waals surface area contributed by atoms with Crippen molar-refractivity contribution in [2.45, 2.75) is 0 Å². The van der Waals surface area contributed by atoms with E-state index in [9.17, 15) is 9.18 Å². The molecule has 1 fully saturated rings. The van der Waals surface area contributed by atoms with Crippen molar-refractivity contribution in [3.8, 4) is 0 Å². The molecule has 0 aromatic heterocycles. The number of ether oxygens (including phenoxy) is 1. The molecule has 6 heteroatoms. The van der Waals surface area contributed by atoms with E-state index in [1.807, 2.05) is 0 Å². The number of carbonyl (C=O) groups excluding carboxylic acids is 1. The summed E-state index contributed by atoms with van der Waals surface area (Å²) in [6.07, 6.45) is 0. The summed E-state index contributed by atoms with van der Waals surface area (Å²) in [5, 5.41) is 0. The molecular weight excluding hydrogens is 213 g/mol. The van der Waals surface area contributed by atoms with Crippen molar-refractivity contribution in [1.29, 1.82) is 0 Å². The molecule has 0 bridgehead atoms. The van der Waals surface area contributed by atoms with Crippen LogP contribution in [0.15, 0.2) is 0 Å². The molecule has 94 valence electrons. The van der Waals surface area contributed by atoms with Gasteiger partial charge < -0.3 is 10.5 Å². The van der Waals surface area contributed by atoms with Gasteiger partial charge in [0, 0.05) is 39.3 Å². The smallest absolute Gasteiger partial charge is 0.319 e. The molecule has 0 amide bonds. The van der Waals surface area contributed by atoms with Crippen LogP contribution in [0.1, 0.15) is 0 Å². The molecule has 0 aliphatic carbocycles. The van der Waals surface area contributed by atoms with Crippen LogP contribution in [0.5, 0.6) is 0 Å². The highest BCUT2D eigenvalue weighted by Gasteiger charge is 2.16. The highest BCUT2D eigenvalue weighted by atomic mass is 19.1. The summed E-state index contributed by atoms with van der Waals surface area (Å²) in [5.41, 5.74) is 5.11. The highest BCUT2D eigenvalue weighted by Crippen LogP contribution is 2.00. The van der Waals surface area contributed by atoms with Gasteiger partial charge in [0.15, 0.2) is 0 Å². The molecular formula is C10H20FN3O2. The van der Waals surface area contributed by atoms with Crippen LogP contribution < -0.4 is 5.73 Å². The molecule has 16 heavy (non-hydrogen) atoms. The third kappa shape index (κ3) is 4.87. The molecule has 1 rings (SSSR count). The van der Waals surface area contributed by atoms with Gasteiger partial charge in [0.25, 0.3) is 0 Å². The van der Waals surface area contributed by atoms with Crippen molar-refractivity contribution in [3.05, 3.63) is 0 Å². The minimum Gasteiger partial charge on any atom is -0.463 e. The Morgan fingerprint density at radius 3 is 2.25 bits per heavy atom. The molecule has 1 aliphatic heterocycles. The molecule has 5 nitrogen and oxygen atoms in total. The van der Waals surface area contributed by atoms with Crippen molar-refractivity contribution in [3.63, 3.8) is 0 Å². The van der Waals surface area contributed by atoms with Crippen LogP contribution in [0.2, 0.25) is 0 Å². The topological polar surface area (TPSA) is 58.8 Å². The number of hydrogen-bond acceptors (Lipinski definition) is 5. The van der Waals surface area contributed by atoms with Crippen LogP contribution in [-0.2, 0) is 9.53 Å². The van der Waals surface area contributed by atoms with Gasteiger partial charge in [-0.3, -0.25) is 14.6 Å². The van der Waals surface area contributed by atoms with Crippen LogP contribution in [0.4, 0.5) is 4.39 Å². The molecule has 0 aromatic rings. The third-order valence-corrected chi connectivity index (χ3v) is 2.70. The SMILES string of the molecule is NCC(=O)OCCN1CCN(CCF)CC1. The Morgan fingerprint density at radius 1 is 1.19 bits per heavy atom. The van der Waals surface area contributed by atoms with E-state index in [2.05, 4.69) is 9.80 Å². The van der Waals surface area contributed by atoms with Crippen molar-refractivity contribution in [2.75, 3.05) is 59.1 Å². The first kappa shape index (κ1) is 13.3. The van der Waals surface area contributed by atoms with Gasteiger partial charge >= 0.3 is 5.97 Å². The van der Waals surface area contributed by atoms with Crippen LogP contribution in [0.3, 0.4) is 0 Å². The minimum absolute atomic E-state index is 0.0652. The van der Waals surface area contributed by atoms with Gasteiger partial charge in [0.1, 0.15) is 13.3 Å². The second-order valence-electron chi connectivity index (χ2n) is 3.80. The molecule has 1 heterocycles. The van der Waals surface area contributed by atoms with E-state index in [1.54, 1.807) is 0 Å². The predicted molar refractivity (Wildman–Crippen MR) is 58.9 cm³/mol. The van der Waals surface area contributed by atoms with Crippen molar-refractivity contribution in [2.24, 2.45) is 5.73 Å². The Hall–Kier alpha value is -0.720. The lowest BCUT2D eigenvalue weighted by molar-refractivity contribution is -0.142. The zero-order valence-corrected chi connectivity index (χ0v) is 9.53. The predicted octanol–water partition coefficient (Wildman–Crippen LogP) is -0.925. The molecule has 0 atom stereocenters. The Balaban J connectivity index is 2.06. The van der Waals surface area contributed by atoms with E-state index in [0.29, 0.717) is 13.2 Å². The molecule has 1 saturated heterocycles. The Kier molecular flexibility index (Phi) is 6.29. The van der Waals surface area contributed by atoms with Gasteiger partial charge in [0.05, 0.1) is 6.54 Å². The fourth-order valence-electron chi connectivity index (χ4n) is 1.70. The van der Waals surface area contributed by atoms with E-state index in [1.165, 1.54) is 0 Å². The molecule has 0 aromatic carbocycles. The standard InChI is InChI=1S/C10H20FN3O2/c11-1-2-13-3-5-14(6-4-13)7-8-16-10(15)9-12/h1-9,12H2. The highest BCUT2D eigenvalue weighted by molar-refractivity contribution is 5.71. The quantitative estimate of drug-likeness (QED) is 0.601. The van der Waals surface area contributed by atoms with Crippen molar-refractivity contribution in [1.82, 2.24) is 9.80 Å². The average Bonchev–Trinajstić information content (AvgIpc) is 2.31. The Bertz CT molecular complexity index is 208. The molecule has 0 unspecified atom stereocenters. The summed E-state index contributed by atoms with van der Waals surface area (Å²) in [6, 6.07) is 0. The van der Waals surface area contributed by atoms with E-state index >= 15 is 0 Å². The Morgan fingerprint density at radius 2 is 1.75 bits per heavy atom. The van der Waals surface area contributed by atoms with Crippen LogP contribution >= 0.6 is 0 Å². The van der Waals surface area contributed by atoms with E-state index in [0.717, 1.165) is 32.7 Å². The normalized spacial score (nSPS) is 18.6. The van der Waals surface area contributed by atoms with Gasteiger partial charge in [-0.1, -0.05) is 0 Å².